The topological polar surface area (TPSA) is 20.2 Å². The minimum absolute atomic E-state index is 0.412. The number of unbranched alkanes of at least 4 members (excludes halogenated alkanes) is 17. The normalized spacial score (nSPS) is 13.8. The molecule has 0 aliphatic heterocycles. The zero-order valence-electron chi connectivity index (χ0n) is 18.8. The minimum atomic E-state index is -0.412. The van der Waals surface area contributed by atoms with Crippen molar-refractivity contribution in [1.29, 1.82) is 0 Å². The molecular formula is C25H52O. The third-order valence-electron chi connectivity index (χ3n) is 5.89. The largest absolute Gasteiger partial charge is 0.390 e. The quantitative estimate of drug-likeness (QED) is 0.200. The molecule has 0 aliphatic carbocycles. The van der Waals surface area contributed by atoms with E-state index in [1.807, 2.05) is 6.92 Å². The van der Waals surface area contributed by atoms with Crippen LogP contribution in [-0.4, -0.2) is 10.7 Å². The van der Waals surface area contributed by atoms with Crippen molar-refractivity contribution in [1.82, 2.24) is 0 Å². The van der Waals surface area contributed by atoms with Crippen LogP contribution in [0.15, 0.2) is 0 Å². The van der Waals surface area contributed by atoms with Crippen molar-refractivity contribution >= 4 is 0 Å². The van der Waals surface area contributed by atoms with E-state index >= 15 is 0 Å². The van der Waals surface area contributed by atoms with Gasteiger partial charge in [-0.05, 0) is 19.8 Å². The maximum atomic E-state index is 10.4. The van der Waals surface area contributed by atoms with Gasteiger partial charge in [-0.15, -0.1) is 0 Å². The van der Waals surface area contributed by atoms with Crippen LogP contribution in [0.2, 0.25) is 0 Å². The van der Waals surface area contributed by atoms with Crippen LogP contribution in [0.25, 0.3) is 0 Å². The molecule has 0 radical (unpaired) electrons. The fourth-order valence-electron chi connectivity index (χ4n) is 3.93. The molecule has 0 rings (SSSR count). The Bertz CT molecular complexity index is 259. The maximum absolute atomic E-state index is 10.4. The Labute approximate surface area is 166 Å². The van der Waals surface area contributed by atoms with E-state index in [9.17, 15) is 5.11 Å². The first-order valence-electron chi connectivity index (χ1n) is 12.3. The molecular weight excluding hydrogens is 316 g/mol. The smallest absolute Gasteiger partial charge is 0.0619 e. The Morgan fingerprint density at radius 2 is 0.654 bits per heavy atom. The lowest BCUT2D eigenvalue weighted by atomic mass is 9.91. The highest BCUT2D eigenvalue weighted by molar-refractivity contribution is 4.72. The van der Waals surface area contributed by atoms with Gasteiger partial charge in [0.1, 0.15) is 0 Å². The molecule has 1 nitrogen and oxygen atoms in total. The Morgan fingerprint density at radius 1 is 0.423 bits per heavy atom. The third kappa shape index (κ3) is 20.3. The first-order chi connectivity index (χ1) is 12.6. The molecule has 0 aromatic rings. The second kappa shape index (κ2) is 19.7. The second-order valence-corrected chi connectivity index (χ2v) is 9.01. The zero-order valence-corrected chi connectivity index (χ0v) is 18.8. The first kappa shape index (κ1) is 26.0. The van der Waals surface area contributed by atoms with Crippen LogP contribution in [0.5, 0.6) is 0 Å². The van der Waals surface area contributed by atoms with Gasteiger partial charge in [-0.3, -0.25) is 0 Å². The third-order valence-corrected chi connectivity index (χ3v) is 5.89. The Hall–Kier alpha value is -0.0400. The standard InChI is InChI=1S/C25H52O/c1-4-6-8-10-11-12-13-14-15-16-17-18-19-20-22-24-25(3,26)23-21-9-7-5-2/h26H,4-24H2,1-3H3. The lowest BCUT2D eigenvalue weighted by Gasteiger charge is -2.23. The molecule has 0 fully saturated rings. The average Bonchev–Trinajstić information content (AvgIpc) is 2.62. The molecule has 158 valence electrons. The van der Waals surface area contributed by atoms with Crippen molar-refractivity contribution in [2.45, 2.75) is 161 Å². The molecule has 0 amide bonds. The predicted molar refractivity (Wildman–Crippen MR) is 119 cm³/mol. The molecule has 0 spiro atoms. The van der Waals surface area contributed by atoms with Crippen molar-refractivity contribution in [2.24, 2.45) is 0 Å². The first-order valence-corrected chi connectivity index (χ1v) is 12.3. The van der Waals surface area contributed by atoms with E-state index in [0.717, 1.165) is 12.8 Å². The number of hydrogen-bond acceptors (Lipinski definition) is 1. The van der Waals surface area contributed by atoms with Crippen LogP contribution in [0, 0.1) is 0 Å². The summed E-state index contributed by atoms with van der Waals surface area (Å²) in [7, 11) is 0. The highest BCUT2D eigenvalue weighted by Gasteiger charge is 2.18. The molecule has 1 N–H and O–H groups in total. The summed E-state index contributed by atoms with van der Waals surface area (Å²) in [6.45, 7) is 6.58. The van der Waals surface area contributed by atoms with Gasteiger partial charge >= 0.3 is 0 Å². The highest BCUT2D eigenvalue weighted by atomic mass is 16.3. The van der Waals surface area contributed by atoms with Crippen molar-refractivity contribution in [3.05, 3.63) is 0 Å². The van der Waals surface area contributed by atoms with Gasteiger partial charge in [0.05, 0.1) is 5.60 Å². The van der Waals surface area contributed by atoms with Gasteiger partial charge < -0.3 is 5.11 Å². The zero-order chi connectivity index (χ0) is 19.3. The molecule has 0 heterocycles. The molecule has 0 aliphatic rings. The number of aliphatic hydroxyl groups is 1. The molecule has 0 bridgehead atoms. The van der Waals surface area contributed by atoms with E-state index in [1.54, 1.807) is 0 Å². The SMILES string of the molecule is CCCCCCCCCCCCCCCCCC(C)(O)CCCCCC. The van der Waals surface area contributed by atoms with Crippen LogP contribution in [-0.2, 0) is 0 Å². The van der Waals surface area contributed by atoms with Gasteiger partial charge in [0.2, 0.25) is 0 Å². The van der Waals surface area contributed by atoms with Crippen LogP contribution in [0.1, 0.15) is 156 Å². The summed E-state index contributed by atoms with van der Waals surface area (Å²) in [6.07, 6.45) is 28.2. The van der Waals surface area contributed by atoms with Gasteiger partial charge in [0, 0.05) is 0 Å². The molecule has 1 atom stereocenters. The lowest BCUT2D eigenvalue weighted by Crippen LogP contribution is -2.23. The van der Waals surface area contributed by atoms with E-state index in [-0.39, 0.29) is 0 Å². The van der Waals surface area contributed by atoms with Crippen LogP contribution in [0.4, 0.5) is 0 Å². The molecule has 26 heavy (non-hydrogen) atoms. The fourth-order valence-corrected chi connectivity index (χ4v) is 3.93. The highest BCUT2D eigenvalue weighted by Crippen LogP contribution is 2.22. The molecule has 1 unspecified atom stereocenters. The van der Waals surface area contributed by atoms with Crippen LogP contribution >= 0.6 is 0 Å². The van der Waals surface area contributed by atoms with Crippen molar-refractivity contribution < 1.29 is 5.11 Å². The monoisotopic (exact) mass is 368 g/mol. The van der Waals surface area contributed by atoms with E-state index in [4.69, 9.17) is 0 Å². The lowest BCUT2D eigenvalue weighted by molar-refractivity contribution is 0.0366. The Morgan fingerprint density at radius 3 is 0.962 bits per heavy atom. The summed E-state index contributed by atoms with van der Waals surface area (Å²) in [5, 5.41) is 10.4. The molecule has 1 heteroatoms. The molecule has 0 saturated carbocycles. The van der Waals surface area contributed by atoms with Crippen molar-refractivity contribution in [2.75, 3.05) is 0 Å². The van der Waals surface area contributed by atoms with E-state index in [2.05, 4.69) is 13.8 Å². The summed E-state index contributed by atoms with van der Waals surface area (Å²) in [5.74, 6) is 0. The van der Waals surface area contributed by atoms with E-state index in [1.165, 1.54) is 122 Å². The summed E-state index contributed by atoms with van der Waals surface area (Å²) >= 11 is 0. The summed E-state index contributed by atoms with van der Waals surface area (Å²) in [4.78, 5) is 0. The van der Waals surface area contributed by atoms with Crippen molar-refractivity contribution in [3.8, 4) is 0 Å². The molecule has 0 saturated heterocycles. The summed E-state index contributed by atoms with van der Waals surface area (Å²) < 4.78 is 0. The Kier molecular flexibility index (Phi) is 19.7. The van der Waals surface area contributed by atoms with Gasteiger partial charge in [-0.1, -0.05) is 136 Å². The molecule has 0 aromatic carbocycles. The number of rotatable bonds is 21. The maximum Gasteiger partial charge on any atom is 0.0619 e. The van der Waals surface area contributed by atoms with Crippen LogP contribution < -0.4 is 0 Å². The summed E-state index contributed by atoms with van der Waals surface area (Å²) in [6, 6.07) is 0. The van der Waals surface area contributed by atoms with Gasteiger partial charge in [0.15, 0.2) is 0 Å². The van der Waals surface area contributed by atoms with E-state index in [0.29, 0.717) is 0 Å². The fraction of sp³-hybridized carbons (Fsp3) is 1.00. The summed E-state index contributed by atoms with van der Waals surface area (Å²) in [5.41, 5.74) is -0.412. The van der Waals surface area contributed by atoms with Gasteiger partial charge in [0.25, 0.3) is 0 Å². The predicted octanol–water partition coefficient (Wildman–Crippen LogP) is 8.97. The van der Waals surface area contributed by atoms with Crippen LogP contribution in [0.3, 0.4) is 0 Å². The minimum Gasteiger partial charge on any atom is -0.390 e. The second-order valence-electron chi connectivity index (χ2n) is 9.01. The van der Waals surface area contributed by atoms with Gasteiger partial charge in [-0.2, -0.15) is 0 Å². The number of hydrogen-bond donors (Lipinski definition) is 1. The Balaban J connectivity index is 3.21. The van der Waals surface area contributed by atoms with Crippen molar-refractivity contribution in [3.63, 3.8) is 0 Å². The molecule has 0 aromatic heterocycles. The van der Waals surface area contributed by atoms with E-state index < -0.39 is 5.60 Å². The average molecular weight is 369 g/mol. The van der Waals surface area contributed by atoms with Gasteiger partial charge in [-0.25, -0.2) is 0 Å².